The van der Waals surface area contributed by atoms with Gasteiger partial charge in [-0.3, -0.25) is 4.90 Å². The number of nitrogens with zero attached hydrogens (tertiary/aromatic N) is 4. The summed E-state index contributed by atoms with van der Waals surface area (Å²) in [6.07, 6.45) is 5.25. The molecule has 3 rings (SSSR count). The second kappa shape index (κ2) is 6.18. The van der Waals surface area contributed by atoms with E-state index in [4.69, 9.17) is 0 Å². The van der Waals surface area contributed by atoms with Crippen LogP contribution in [0.5, 0.6) is 0 Å². The number of benzene rings is 1. The standard InChI is InChI=1S/C16H19FN4/c1-13-10-21(16-5-3-2-4-15(16)17)7-6-20(13)11-14-8-18-12-19-9-14/h2-5,8-9,12-13H,6-7,10-11H2,1H3/t13-/m0/s1. The van der Waals surface area contributed by atoms with Gasteiger partial charge in [0.2, 0.25) is 0 Å². The summed E-state index contributed by atoms with van der Waals surface area (Å²) in [5.74, 6) is -0.144. The van der Waals surface area contributed by atoms with Crippen molar-refractivity contribution in [1.29, 1.82) is 0 Å². The van der Waals surface area contributed by atoms with Crippen molar-refractivity contribution in [3.63, 3.8) is 0 Å². The van der Waals surface area contributed by atoms with Crippen LogP contribution in [0, 0.1) is 5.82 Å². The minimum Gasteiger partial charge on any atom is -0.366 e. The Balaban J connectivity index is 1.66. The summed E-state index contributed by atoms with van der Waals surface area (Å²) in [4.78, 5) is 12.6. The van der Waals surface area contributed by atoms with Gasteiger partial charge in [0.1, 0.15) is 12.1 Å². The Kier molecular flexibility index (Phi) is 4.10. The van der Waals surface area contributed by atoms with Crippen molar-refractivity contribution in [2.75, 3.05) is 24.5 Å². The molecular weight excluding hydrogens is 267 g/mol. The van der Waals surface area contributed by atoms with Gasteiger partial charge in [-0.25, -0.2) is 14.4 Å². The van der Waals surface area contributed by atoms with Crippen LogP contribution in [0.3, 0.4) is 0 Å². The molecule has 1 fully saturated rings. The normalized spacial score (nSPS) is 19.7. The molecule has 2 aromatic rings. The van der Waals surface area contributed by atoms with Gasteiger partial charge in [0.05, 0.1) is 5.69 Å². The third-order valence-electron chi connectivity index (χ3n) is 3.96. The molecule has 5 heteroatoms. The number of para-hydroxylation sites is 1. The highest BCUT2D eigenvalue weighted by atomic mass is 19.1. The minimum atomic E-state index is -0.144. The van der Waals surface area contributed by atoms with Crippen LogP contribution in [0.25, 0.3) is 0 Å². The van der Waals surface area contributed by atoms with Crippen LogP contribution in [0.2, 0.25) is 0 Å². The van der Waals surface area contributed by atoms with E-state index in [2.05, 4.69) is 26.7 Å². The summed E-state index contributed by atoms with van der Waals surface area (Å²) in [6, 6.07) is 7.35. The third kappa shape index (κ3) is 3.19. The average molecular weight is 286 g/mol. The first-order valence-electron chi connectivity index (χ1n) is 7.21. The van der Waals surface area contributed by atoms with Crippen LogP contribution in [-0.2, 0) is 6.54 Å². The molecule has 0 unspecified atom stereocenters. The third-order valence-corrected chi connectivity index (χ3v) is 3.96. The number of anilines is 1. The van der Waals surface area contributed by atoms with E-state index in [1.54, 1.807) is 12.4 Å². The summed E-state index contributed by atoms with van der Waals surface area (Å²) in [5, 5.41) is 0. The first-order chi connectivity index (χ1) is 10.2. The fraction of sp³-hybridized carbons (Fsp3) is 0.375. The molecular formula is C16H19FN4. The van der Waals surface area contributed by atoms with Crippen molar-refractivity contribution < 1.29 is 4.39 Å². The van der Waals surface area contributed by atoms with E-state index in [0.29, 0.717) is 11.7 Å². The monoisotopic (exact) mass is 286 g/mol. The highest BCUT2D eigenvalue weighted by Crippen LogP contribution is 2.22. The van der Waals surface area contributed by atoms with Gasteiger partial charge in [0, 0.05) is 50.2 Å². The smallest absolute Gasteiger partial charge is 0.146 e. The molecule has 1 atom stereocenters. The maximum atomic E-state index is 13.9. The zero-order chi connectivity index (χ0) is 14.7. The SMILES string of the molecule is C[C@H]1CN(c2ccccc2F)CCN1Cc1cncnc1. The van der Waals surface area contributed by atoms with E-state index in [9.17, 15) is 4.39 Å². The predicted octanol–water partition coefficient (Wildman–Crippen LogP) is 2.33. The van der Waals surface area contributed by atoms with Gasteiger partial charge in [-0.15, -0.1) is 0 Å². The number of halogens is 1. The van der Waals surface area contributed by atoms with Gasteiger partial charge >= 0.3 is 0 Å². The highest BCUT2D eigenvalue weighted by molar-refractivity contribution is 5.48. The van der Waals surface area contributed by atoms with Crippen LogP contribution in [0.1, 0.15) is 12.5 Å². The summed E-state index contributed by atoms with van der Waals surface area (Å²) in [7, 11) is 0. The second-order valence-electron chi connectivity index (χ2n) is 5.46. The zero-order valence-electron chi connectivity index (χ0n) is 12.1. The number of piperazine rings is 1. The van der Waals surface area contributed by atoms with Gasteiger partial charge in [-0.1, -0.05) is 12.1 Å². The quantitative estimate of drug-likeness (QED) is 0.867. The molecule has 0 saturated carbocycles. The van der Waals surface area contributed by atoms with Crippen molar-refractivity contribution in [2.45, 2.75) is 19.5 Å². The second-order valence-corrected chi connectivity index (χ2v) is 5.46. The van der Waals surface area contributed by atoms with Crippen LogP contribution in [-0.4, -0.2) is 40.5 Å². The van der Waals surface area contributed by atoms with Gasteiger partial charge in [0.25, 0.3) is 0 Å². The molecule has 0 radical (unpaired) electrons. The van der Waals surface area contributed by atoms with Gasteiger partial charge in [-0.05, 0) is 19.1 Å². The lowest BCUT2D eigenvalue weighted by Gasteiger charge is -2.41. The Bertz CT molecular complexity index is 590. The lowest BCUT2D eigenvalue weighted by Crippen LogP contribution is -2.51. The van der Waals surface area contributed by atoms with E-state index in [0.717, 1.165) is 31.7 Å². The first-order valence-corrected chi connectivity index (χ1v) is 7.21. The van der Waals surface area contributed by atoms with E-state index >= 15 is 0 Å². The molecule has 0 spiro atoms. The fourth-order valence-electron chi connectivity index (χ4n) is 2.80. The number of aromatic nitrogens is 2. The maximum absolute atomic E-state index is 13.9. The Morgan fingerprint density at radius 2 is 1.95 bits per heavy atom. The van der Waals surface area contributed by atoms with E-state index < -0.39 is 0 Å². The molecule has 0 aliphatic carbocycles. The van der Waals surface area contributed by atoms with Crippen molar-refractivity contribution in [3.05, 3.63) is 54.4 Å². The van der Waals surface area contributed by atoms with E-state index in [1.807, 2.05) is 24.5 Å². The minimum absolute atomic E-state index is 0.144. The lowest BCUT2D eigenvalue weighted by atomic mass is 10.1. The largest absolute Gasteiger partial charge is 0.366 e. The molecule has 4 nitrogen and oxygen atoms in total. The van der Waals surface area contributed by atoms with E-state index in [1.165, 1.54) is 6.07 Å². The predicted molar refractivity (Wildman–Crippen MR) is 80.5 cm³/mol. The maximum Gasteiger partial charge on any atom is 0.146 e. The van der Waals surface area contributed by atoms with Crippen LogP contribution >= 0.6 is 0 Å². The molecule has 1 saturated heterocycles. The molecule has 1 aromatic carbocycles. The number of rotatable bonds is 3. The van der Waals surface area contributed by atoms with Gasteiger partial charge in [-0.2, -0.15) is 0 Å². The molecule has 1 aromatic heterocycles. The summed E-state index contributed by atoms with van der Waals surface area (Å²) >= 11 is 0. The fourth-order valence-corrected chi connectivity index (χ4v) is 2.80. The molecule has 0 amide bonds. The summed E-state index contributed by atoms with van der Waals surface area (Å²) in [6.45, 7) is 5.59. The summed E-state index contributed by atoms with van der Waals surface area (Å²) in [5.41, 5.74) is 1.82. The Labute approximate surface area is 124 Å². The van der Waals surface area contributed by atoms with Crippen molar-refractivity contribution in [1.82, 2.24) is 14.9 Å². The Hall–Kier alpha value is -2.01. The van der Waals surface area contributed by atoms with Crippen LogP contribution in [0.4, 0.5) is 10.1 Å². The topological polar surface area (TPSA) is 32.3 Å². The zero-order valence-corrected chi connectivity index (χ0v) is 12.1. The van der Waals surface area contributed by atoms with Crippen molar-refractivity contribution >= 4 is 5.69 Å². The Morgan fingerprint density at radius 1 is 1.19 bits per heavy atom. The number of hydrogen-bond donors (Lipinski definition) is 0. The molecule has 0 bridgehead atoms. The lowest BCUT2D eigenvalue weighted by molar-refractivity contribution is 0.180. The van der Waals surface area contributed by atoms with Crippen LogP contribution in [0.15, 0.2) is 43.0 Å². The molecule has 1 aliphatic rings. The highest BCUT2D eigenvalue weighted by Gasteiger charge is 2.25. The van der Waals surface area contributed by atoms with Crippen molar-refractivity contribution in [2.24, 2.45) is 0 Å². The molecule has 0 N–H and O–H groups in total. The molecule has 2 heterocycles. The van der Waals surface area contributed by atoms with Gasteiger partial charge < -0.3 is 4.90 Å². The molecule has 21 heavy (non-hydrogen) atoms. The first kappa shape index (κ1) is 13.9. The molecule has 1 aliphatic heterocycles. The van der Waals surface area contributed by atoms with Crippen molar-refractivity contribution in [3.8, 4) is 0 Å². The Morgan fingerprint density at radius 3 is 2.67 bits per heavy atom. The van der Waals surface area contributed by atoms with Crippen LogP contribution < -0.4 is 4.90 Å². The average Bonchev–Trinajstić information content (AvgIpc) is 2.51. The summed E-state index contributed by atoms with van der Waals surface area (Å²) < 4.78 is 13.9. The molecule has 110 valence electrons. The van der Waals surface area contributed by atoms with E-state index in [-0.39, 0.29) is 5.82 Å². The van der Waals surface area contributed by atoms with Gasteiger partial charge in [0.15, 0.2) is 0 Å². The number of hydrogen-bond acceptors (Lipinski definition) is 4.